The molecule has 1 aliphatic heterocycles. The second kappa shape index (κ2) is 5.90. The van der Waals surface area contributed by atoms with E-state index in [0.717, 1.165) is 5.56 Å². The maximum Gasteiger partial charge on any atom is 0.329 e. The first-order chi connectivity index (χ1) is 10.6. The number of nitrogens with one attached hydrogen (secondary N) is 2. The van der Waals surface area contributed by atoms with Gasteiger partial charge in [0.1, 0.15) is 5.66 Å². The molecule has 2 heterocycles. The predicted molar refractivity (Wildman–Crippen MR) is 82.7 cm³/mol. The summed E-state index contributed by atoms with van der Waals surface area (Å²) in [5, 5.41) is 3.42. The van der Waals surface area contributed by atoms with Crippen LogP contribution in [0.1, 0.15) is 24.9 Å². The van der Waals surface area contributed by atoms with Crippen molar-refractivity contribution in [1.82, 2.24) is 14.9 Å². The van der Waals surface area contributed by atoms with Gasteiger partial charge < -0.3 is 9.72 Å². The van der Waals surface area contributed by atoms with Crippen molar-refractivity contribution in [3.8, 4) is 0 Å². The predicted octanol–water partition coefficient (Wildman–Crippen LogP) is 0.960. The number of hydrogen-bond donors (Lipinski definition) is 2. The molecular formula is C16H19N3O3. The van der Waals surface area contributed by atoms with Crippen LogP contribution in [0, 0.1) is 0 Å². The SMILES string of the molecule is C[C@H](NC1(n2c(=O)cc[nH]c2=O)CCOC1)c1ccccc1. The highest BCUT2D eigenvalue weighted by atomic mass is 16.5. The van der Waals surface area contributed by atoms with Crippen molar-refractivity contribution in [3.05, 3.63) is 69.0 Å². The summed E-state index contributed by atoms with van der Waals surface area (Å²) in [4.78, 5) is 26.9. The number of benzene rings is 1. The Labute approximate surface area is 127 Å². The smallest absolute Gasteiger partial charge is 0.329 e. The minimum absolute atomic E-state index is 0.0191. The first kappa shape index (κ1) is 14.7. The molecule has 6 heteroatoms. The summed E-state index contributed by atoms with van der Waals surface area (Å²) in [6, 6.07) is 11.3. The van der Waals surface area contributed by atoms with Crippen molar-refractivity contribution in [2.75, 3.05) is 13.2 Å². The molecule has 2 aromatic rings. The number of hydrogen-bond acceptors (Lipinski definition) is 4. The average molecular weight is 301 g/mol. The molecule has 0 radical (unpaired) electrons. The van der Waals surface area contributed by atoms with Crippen LogP contribution in [0.2, 0.25) is 0 Å². The standard InChI is InChI=1S/C16H19N3O3/c1-12(13-5-3-2-4-6-13)18-16(8-10-22-11-16)19-14(20)7-9-17-15(19)21/h2-7,9,12,18H,8,10-11H2,1H3,(H,17,21)/t12-,16?/m0/s1. The van der Waals surface area contributed by atoms with E-state index < -0.39 is 11.4 Å². The van der Waals surface area contributed by atoms with Crippen molar-refractivity contribution in [2.24, 2.45) is 0 Å². The van der Waals surface area contributed by atoms with Gasteiger partial charge in [-0.25, -0.2) is 9.36 Å². The molecule has 6 nitrogen and oxygen atoms in total. The molecule has 0 aliphatic carbocycles. The molecule has 1 aromatic carbocycles. The fourth-order valence-corrected chi connectivity index (χ4v) is 2.97. The van der Waals surface area contributed by atoms with Gasteiger partial charge in [-0.05, 0) is 12.5 Å². The van der Waals surface area contributed by atoms with E-state index in [1.54, 1.807) is 0 Å². The lowest BCUT2D eigenvalue weighted by Gasteiger charge is -2.33. The number of aromatic amines is 1. The zero-order valence-corrected chi connectivity index (χ0v) is 12.4. The lowest BCUT2D eigenvalue weighted by atomic mass is 10.0. The van der Waals surface area contributed by atoms with Gasteiger partial charge in [-0.15, -0.1) is 0 Å². The normalized spacial score (nSPS) is 22.6. The molecule has 1 fully saturated rings. The van der Waals surface area contributed by atoms with Crippen molar-refractivity contribution in [2.45, 2.75) is 25.0 Å². The van der Waals surface area contributed by atoms with Crippen LogP contribution in [0.3, 0.4) is 0 Å². The van der Waals surface area contributed by atoms with E-state index in [9.17, 15) is 9.59 Å². The molecule has 22 heavy (non-hydrogen) atoms. The zero-order chi connectivity index (χ0) is 15.6. The highest BCUT2D eigenvalue weighted by molar-refractivity contribution is 5.18. The van der Waals surface area contributed by atoms with E-state index in [4.69, 9.17) is 4.74 Å². The topological polar surface area (TPSA) is 76.1 Å². The van der Waals surface area contributed by atoms with Gasteiger partial charge in [-0.1, -0.05) is 30.3 Å². The Balaban J connectivity index is 2.00. The third-order valence-corrected chi connectivity index (χ3v) is 4.07. The largest absolute Gasteiger partial charge is 0.377 e. The molecule has 1 aromatic heterocycles. The van der Waals surface area contributed by atoms with Crippen molar-refractivity contribution < 1.29 is 4.74 Å². The van der Waals surface area contributed by atoms with Crippen LogP contribution in [-0.2, 0) is 10.4 Å². The van der Waals surface area contributed by atoms with E-state index in [2.05, 4.69) is 10.3 Å². The molecule has 0 saturated carbocycles. The summed E-state index contributed by atoms with van der Waals surface area (Å²) in [6.07, 6.45) is 1.93. The molecule has 0 spiro atoms. The van der Waals surface area contributed by atoms with E-state index in [1.807, 2.05) is 37.3 Å². The van der Waals surface area contributed by atoms with Crippen LogP contribution in [-0.4, -0.2) is 22.8 Å². The zero-order valence-electron chi connectivity index (χ0n) is 12.4. The number of aromatic nitrogens is 2. The minimum Gasteiger partial charge on any atom is -0.377 e. The van der Waals surface area contributed by atoms with Gasteiger partial charge in [0.05, 0.1) is 13.2 Å². The number of ether oxygens (including phenoxy) is 1. The van der Waals surface area contributed by atoms with Crippen LogP contribution in [0.5, 0.6) is 0 Å². The fraction of sp³-hybridized carbons (Fsp3) is 0.375. The third-order valence-electron chi connectivity index (χ3n) is 4.07. The summed E-state index contributed by atoms with van der Waals surface area (Å²) in [5.41, 5.74) is -0.483. The highest BCUT2D eigenvalue weighted by Crippen LogP contribution is 2.26. The van der Waals surface area contributed by atoms with Crippen molar-refractivity contribution in [1.29, 1.82) is 0 Å². The summed E-state index contributed by atoms with van der Waals surface area (Å²) in [7, 11) is 0. The summed E-state index contributed by atoms with van der Waals surface area (Å²) < 4.78 is 6.72. The second-order valence-electron chi connectivity index (χ2n) is 5.57. The van der Waals surface area contributed by atoms with Crippen molar-refractivity contribution >= 4 is 0 Å². The van der Waals surface area contributed by atoms with E-state index in [1.165, 1.54) is 16.8 Å². The summed E-state index contributed by atoms with van der Waals surface area (Å²) in [5.74, 6) is 0. The van der Waals surface area contributed by atoms with Crippen LogP contribution in [0.4, 0.5) is 0 Å². The molecule has 2 atom stereocenters. The maximum atomic E-state index is 12.2. The fourth-order valence-electron chi connectivity index (χ4n) is 2.97. The van der Waals surface area contributed by atoms with Crippen LogP contribution >= 0.6 is 0 Å². The number of nitrogens with zero attached hydrogens (tertiary/aromatic N) is 1. The Bertz CT molecular complexity index is 717. The lowest BCUT2D eigenvalue weighted by molar-refractivity contribution is 0.117. The Hall–Kier alpha value is -2.18. The minimum atomic E-state index is -0.818. The first-order valence-electron chi connectivity index (χ1n) is 7.34. The molecular weight excluding hydrogens is 282 g/mol. The number of H-pyrrole nitrogens is 1. The molecule has 1 aliphatic rings. The quantitative estimate of drug-likeness (QED) is 0.882. The lowest BCUT2D eigenvalue weighted by Crippen LogP contribution is -2.58. The van der Waals surface area contributed by atoms with Gasteiger partial charge >= 0.3 is 5.69 Å². The van der Waals surface area contributed by atoms with E-state index in [0.29, 0.717) is 13.0 Å². The summed E-state index contributed by atoms with van der Waals surface area (Å²) >= 11 is 0. The molecule has 1 unspecified atom stereocenters. The highest BCUT2D eigenvalue weighted by Gasteiger charge is 2.40. The molecule has 0 bridgehead atoms. The summed E-state index contributed by atoms with van der Waals surface area (Å²) in [6.45, 7) is 2.81. The van der Waals surface area contributed by atoms with Crippen molar-refractivity contribution in [3.63, 3.8) is 0 Å². The van der Waals surface area contributed by atoms with Gasteiger partial charge in [0.2, 0.25) is 0 Å². The first-order valence-corrected chi connectivity index (χ1v) is 7.34. The van der Waals surface area contributed by atoms with Gasteiger partial charge in [0, 0.05) is 24.7 Å². The molecule has 116 valence electrons. The van der Waals surface area contributed by atoms with Gasteiger partial charge in [-0.3, -0.25) is 10.1 Å². The Morgan fingerprint density at radius 3 is 2.68 bits per heavy atom. The van der Waals surface area contributed by atoms with Crippen LogP contribution in [0.25, 0.3) is 0 Å². The van der Waals surface area contributed by atoms with Gasteiger partial charge in [0.25, 0.3) is 5.56 Å². The number of rotatable bonds is 4. The average Bonchev–Trinajstić information content (AvgIpc) is 2.97. The monoisotopic (exact) mass is 301 g/mol. The molecule has 2 N–H and O–H groups in total. The molecule has 3 rings (SSSR count). The van der Waals surface area contributed by atoms with E-state index >= 15 is 0 Å². The third kappa shape index (κ3) is 2.63. The van der Waals surface area contributed by atoms with Crippen LogP contribution < -0.4 is 16.6 Å². The molecule has 0 amide bonds. The second-order valence-corrected chi connectivity index (χ2v) is 5.57. The van der Waals surface area contributed by atoms with E-state index in [-0.39, 0.29) is 18.2 Å². The molecule has 1 saturated heterocycles. The Morgan fingerprint density at radius 2 is 2.05 bits per heavy atom. The Kier molecular flexibility index (Phi) is 3.96. The van der Waals surface area contributed by atoms with Crippen LogP contribution in [0.15, 0.2) is 52.2 Å². The van der Waals surface area contributed by atoms with Gasteiger partial charge in [0.15, 0.2) is 0 Å². The maximum absolute atomic E-state index is 12.2. The Morgan fingerprint density at radius 1 is 1.27 bits per heavy atom. The van der Waals surface area contributed by atoms with Gasteiger partial charge in [-0.2, -0.15) is 0 Å².